The summed E-state index contributed by atoms with van der Waals surface area (Å²) in [6.07, 6.45) is 1.69. The van der Waals surface area contributed by atoms with Crippen molar-refractivity contribution < 1.29 is 14.4 Å². The van der Waals surface area contributed by atoms with Crippen molar-refractivity contribution in [2.75, 3.05) is 18.5 Å². The first kappa shape index (κ1) is 20.1. The Kier molecular flexibility index (Phi) is 5.10. The molecule has 4 amide bonds. The Morgan fingerprint density at radius 3 is 2.57 bits per heavy atom. The third kappa shape index (κ3) is 3.36. The molecule has 1 spiro atoms. The fraction of sp³-hybridized carbons (Fsp3) is 0.375. The van der Waals surface area contributed by atoms with Crippen molar-refractivity contribution in [1.82, 2.24) is 10.2 Å². The number of urea groups is 1. The highest BCUT2D eigenvalue weighted by Crippen LogP contribution is 2.40. The van der Waals surface area contributed by atoms with Crippen LogP contribution in [0.15, 0.2) is 48.5 Å². The molecular weight excluding hydrogens is 378 g/mol. The predicted molar refractivity (Wildman–Crippen MR) is 115 cm³/mol. The molecule has 0 aromatic heterocycles. The molecule has 0 aliphatic carbocycles. The molecule has 1 fully saturated rings. The minimum absolute atomic E-state index is 0.253. The summed E-state index contributed by atoms with van der Waals surface area (Å²) >= 11 is 0. The molecule has 2 heterocycles. The fourth-order valence-electron chi connectivity index (χ4n) is 4.64. The van der Waals surface area contributed by atoms with Crippen LogP contribution in [0.4, 0.5) is 10.5 Å². The number of carbonyl (C=O) groups is 3. The Balaban J connectivity index is 1.61. The van der Waals surface area contributed by atoms with Crippen LogP contribution in [0.1, 0.15) is 30.0 Å². The molecule has 156 valence electrons. The van der Waals surface area contributed by atoms with E-state index in [9.17, 15) is 14.4 Å². The lowest BCUT2D eigenvalue weighted by Crippen LogP contribution is -2.69. The number of barbiturate groups is 1. The number of hydrogen-bond acceptors (Lipinski definition) is 4. The minimum atomic E-state index is -1.29. The van der Waals surface area contributed by atoms with Gasteiger partial charge in [0.1, 0.15) is 5.41 Å². The van der Waals surface area contributed by atoms with Gasteiger partial charge in [-0.1, -0.05) is 48.0 Å². The van der Waals surface area contributed by atoms with Gasteiger partial charge in [-0.05, 0) is 50.3 Å². The second-order valence-corrected chi connectivity index (χ2v) is 8.55. The summed E-state index contributed by atoms with van der Waals surface area (Å²) < 4.78 is 0. The summed E-state index contributed by atoms with van der Waals surface area (Å²) in [6, 6.07) is 15.1. The van der Waals surface area contributed by atoms with Crippen molar-refractivity contribution in [3.63, 3.8) is 0 Å². The standard InChI is InChI=1S/C24H27N3O3/c1-16-9-12-20-19(13-16)14-24(15-26(20)3)21(28)25-23(30)27(22(24)29)17(2)10-11-18-7-5-4-6-8-18/h4-9,12-13,17H,10-11,14-15H2,1-3H3,(H,25,28,30)/t17-,24+/m1/s1. The van der Waals surface area contributed by atoms with Gasteiger partial charge >= 0.3 is 6.03 Å². The third-order valence-corrected chi connectivity index (χ3v) is 6.28. The maximum Gasteiger partial charge on any atom is 0.331 e. The molecule has 6 nitrogen and oxygen atoms in total. The number of nitrogens with zero attached hydrogens (tertiary/aromatic N) is 2. The van der Waals surface area contributed by atoms with E-state index >= 15 is 0 Å². The van der Waals surface area contributed by atoms with Crippen molar-refractivity contribution in [2.45, 2.75) is 39.2 Å². The number of fused-ring (bicyclic) bond motifs is 1. The highest BCUT2D eigenvalue weighted by Gasteiger charge is 2.57. The van der Waals surface area contributed by atoms with E-state index in [1.165, 1.54) is 4.90 Å². The van der Waals surface area contributed by atoms with Gasteiger partial charge in [0, 0.05) is 25.3 Å². The van der Waals surface area contributed by atoms with Crippen molar-refractivity contribution in [1.29, 1.82) is 0 Å². The second-order valence-electron chi connectivity index (χ2n) is 8.55. The summed E-state index contributed by atoms with van der Waals surface area (Å²) in [6.45, 7) is 4.11. The molecule has 30 heavy (non-hydrogen) atoms. The van der Waals surface area contributed by atoms with Crippen LogP contribution < -0.4 is 10.2 Å². The highest BCUT2D eigenvalue weighted by atomic mass is 16.2. The molecule has 1 saturated heterocycles. The van der Waals surface area contributed by atoms with E-state index in [0.29, 0.717) is 12.8 Å². The summed E-state index contributed by atoms with van der Waals surface area (Å²) in [7, 11) is 1.88. The lowest BCUT2D eigenvalue weighted by Gasteiger charge is -2.46. The summed E-state index contributed by atoms with van der Waals surface area (Å²) in [5.41, 5.74) is 2.92. The van der Waals surface area contributed by atoms with Crippen LogP contribution >= 0.6 is 0 Å². The van der Waals surface area contributed by atoms with Gasteiger partial charge in [0.25, 0.3) is 0 Å². The predicted octanol–water partition coefficient (Wildman–Crippen LogP) is 3.07. The van der Waals surface area contributed by atoms with E-state index in [1.807, 2.05) is 74.3 Å². The summed E-state index contributed by atoms with van der Waals surface area (Å²) in [4.78, 5) is 42.4. The number of nitrogens with one attached hydrogen (secondary N) is 1. The average molecular weight is 405 g/mol. The molecule has 0 saturated carbocycles. The third-order valence-electron chi connectivity index (χ3n) is 6.28. The number of imide groups is 2. The number of aryl methyl sites for hydroxylation is 2. The lowest BCUT2D eigenvalue weighted by molar-refractivity contribution is -0.152. The first-order valence-corrected chi connectivity index (χ1v) is 10.4. The summed E-state index contributed by atoms with van der Waals surface area (Å²) in [5.74, 6) is -0.890. The first-order valence-electron chi connectivity index (χ1n) is 10.4. The molecule has 1 N–H and O–H groups in total. The van der Waals surface area contributed by atoms with E-state index in [4.69, 9.17) is 0 Å². The molecular formula is C24H27N3O3. The molecule has 6 heteroatoms. The van der Waals surface area contributed by atoms with Crippen LogP contribution in [0.3, 0.4) is 0 Å². The smallest absolute Gasteiger partial charge is 0.331 e. The number of anilines is 1. The Bertz CT molecular complexity index is 1000. The Morgan fingerprint density at radius 2 is 1.83 bits per heavy atom. The monoisotopic (exact) mass is 405 g/mol. The number of benzene rings is 2. The molecule has 2 aliphatic heterocycles. The van der Waals surface area contributed by atoms with Crippen LogP contribution in [0.5, 0.6) is 0 Å². The Hall–Kier alpha value is -3.15. The molecule has 0 radical (unpaired) electrons. The van der Waals surface area contributed by atoms with Gasteiger partial charge in [0.05, 0.1) is 0 Å². The van der Waals surface area contributed by atoms with E-state index in [1.54, 1.807) is 0 Å². The SMILES string of the molecule is Cc1ccc2c(c1)C[C@]1(CN2C)C(=O)NC(=O)N([C@H](C)CCc2ccccc2)C1=O. The van der Waals surface area contributed by atoms with Gasteiger partial charge in [-0.2, -0.15) is 0 Å². The van der Waals surface area contributed by atoms with Crippen LogP contribution in [0.2, 0.25) is 0 Å². The maximum atomic E-state index is 13.6. The van der Waals surface area contributed by atoms with Crippen LogP contribution in [0, 0.1) is 12.3 Å². The summed E-state index contributed by atoms with van der Waals surface area (Å²) in [5, 5.41) is 2.47. The second kappa shape index (κ2) is 7.59. The fourth-order valence-corrected chi connectivity index (χ4v) is 4.64. The van der Waals surface area contributed by atoms with E-state index in [-0.39, 0.29) is 12.6 Å². The zero-order chi connectivity index (χ0) is 21.5. The van der Waals surface area contributed by atoms with Gasteiger partial charge in [-0.3, -0.25) is 19.8 Å². The molecule has 2 atom stereocenters. The number of carbonyl (C=O) groups excluding carboxylic acids is 3. The van der Waals surface area contributed by atoms with E-state index in [2.05, 4.69) is 5.32 Å². The molecule has 2 aromatic rings. The quantitative estimate of drug-likeness (QED) is 0.794. The van der Waals surface area contributed by atoms with E-state index in [0.717, 1.165) is 28.8 Å². The Labute approximate surface area is 176 Å². The van der Waals surface area contributed by atoms with Gasteiger partial charge in [0.15, 0.2) is 0 Å². The topological polar surface area (TPSA) is 69.7 Å². The zero-order valence-electron chi connectivity index (χ0n) is 17.6. The van der Waals surface area contributed by atoms with Gasteiger partial charge in [0.2, 0.25) is 11.8 Å². The van der Waals surface area contributed by atoms with Gasteiger partial charge in [-0.25, -0.2) is 4.79 Å². The van der Waals surface area contributed by atoms with Gasteiger partial charge in [-0.15, -0.1) is 0 Å². The highest BCUT2D eigenvalue weighted by molar-refractivity contribution is 6.20. The Morgan fingerprint density at radius 1 is 1.10 bits per heavy atom. The number of amides is 4. The van der Waals surface area contributed by atoms with Crippen molar-refractivity contribution in [3.8, 4) is 0 Å². The molecule has 0 bridgehead atoms. The zero-order valence-corrected chi connectivity index (χ0v) is 17.6. The molecule has 2 aliphatic rings. The van der Waals surface area contributed by atoms with Crippen molar-refractivity contribution in [3.05, 3.63) is 65.2 Å². The first-order chi connectivity index (χ1) is 14.3. The van der Waals surface area contributed by atoms with Gasteiger partial charge < -0.3 is 4.90 Å². The molecule has 4 rings (SSSR count). The number of rotatable bonds is 4. The van der Waals surface area contributed by atoms with Crippen molar-refractivity contribution >= 4 is 23.5 Å². The van der Waals surface area contributed by atoms with Crippen LogP contribution in [-0.4, -0.2) is 42.4 Å². The van der Waals surface area contributed by atoms with Crippen molar-refractivity contribution in [2.24, 2.45) is 5.41 Å². The largest absolute Gasteiger partial charge is 0.373 e. The number of hydrogen-bond donors (Lipinski definition) is 1. The lowest BCUT2D eigenvalue weighted by atomic mass is 9.74. The minimum Gasteiger partial charge on any atom is -0.373 e. The van der Waals surface area contributed by atoms with Crippen LogP contribution in [-0.2, 0) is 22.4 Å². The normalized spacial score (nSPS) is 22.2. The average Bonchev–Trinajstić information content (AvgIpc) is 2.71. The van der Waals surface area contributed by atoms with Crippen LogP contribution in [0.25, 0.3) is 0 Å². The maximum absolute atomic E-state index is 13.6. The molecule has 0 unspecified atom stereocenters. The van der Waals surface area contributed by atoms with E-state index < -0.39 is 23.3 Å². The molecule has 2 aromatic carbocycles.